The first-order chi connectivity index (χ1) is 16.8. The fourth-order valence-electron chi connectivity index (χ4n) is 3.30. The van der Waals surface area contributed by atoms with E-state index >= 15 is 0 Å². The lowest BCUT2D eigenvalue weighted by Crippen LogP contribution is -2.30. The number of hydrogen-bond donors (Lipinski definition) is 0. The molecular formula is C26H22Cl2N2O4S. The van der Waals surface area contributed by atoms with Crippen LogP contribution in [0.5, 0.6) is 5.75 Å². The summed E-state index contributed by atoms with van der Waals surface area (Å²) in [7, 11) is -2.24. The van der Waals surface area contributed by atoms with Gasteiger partial charge >= 0.3 is 0 Å². The molecule has 1 aromatic heterocycles. The molecule has 0 unspecified atom stereocenters. The molecular weight excluding hydrogens is 507 g/mol. The number of sulfonamides is 1. The van der Waals surface area contributed by atoms with E-state index in [1.165, 1.54) is 16.4 Å². The van der Waals surface area contributed by atoms with E-state index in [0.717, 1.165) is 17.0 Å². The van der Waals surface area contributed by atoms with E-state index in [9.17, 15) is 8.42 Å². The second-order valence-corrected chi connectivity index (χ2v) is 10.4. The maximum absolute atomic E-state index is 13.5. The first-order valence-corrected chi connectivity index (χ1v) is 12.8. The topological polar surface area (TPSA) is 72.1 Å². The molecule has 0 spiro atoms. The molecule has 0 aliphatic carbocycles. The van der Waals surface area contributed by atoms with Crippen molar-refractivity contribution in [3.8, 4) is 5.75 Å². The van der Waals surface area contributed by atoms with Crippen LogP contribution in [0.2, 0.25) is 10.0 Å². The largest absolute Gasteiger partial charge is 0.497 e. The molecule has 3 aromatic carbocycles. The normalized spacial score (nSPS) is 11.9. The van der Waals surface area contributed by atoms with Crippen LogP contribution < -0.4 is 4.74 Å². The first kappa shape index (κ1) is 25.0. The van der Waals surface area contributed by atoms with Crippen molar-refractivity contribution in [2.45, 2.75) is 18.0 Å². The Bertz CT molecular complexity index is 1400. The summed E-state index contributed by atoms with van der Waals surface area (Å²) in [6.07, 6.45) is 1.59. The third-order valence-corrected chi connectivity index (χ3v) is 7.46. The molecule has 4 rings (SSSR count). The highest BCUT2D eigenvalue weighted by molar-refractivity contribution is 7.89. The second-order valence-electron chi connectivity index (χ2n) is 7.61. The zero-order valence-corrected chi connectivity index (χ0v) is 21.1. The molecule has 0 aliphatic rings. The van der Waals surface area contributed by atoms with E-state index in [1.807, 2.05) is 24.3 Å². The van der Waals surface area contributed by atoms with Gasteiger partial charge in [0.1, 0.15) is 17.3 Å². The van der Waals surface area contributed by atoms with Crippen LogP contribution in [0.15, 0.2) is 99.2 Å². The van der Waals surface area contributed by atoms with E-state index < -0.39 is 10.0 Å². The fraction of sp³-hybridized carbons (Fsp3) is 0.115. The Hall–Kier alpha value is -3.10. The minimum Gasteiger partial charge on any atom is -0.497 e. The third kappa shape index (κ3) is 6.52. The summed E-state index contributed by atoms with van der Waals surface area (Å²) in [6.45, 7) is 0.169. The zero-order valence-electron chi connectivity index (χ0n) is 18.8. The summed E-state index contributed by atoms with van der Waals surface area (Å²) >= 11 is 11.9. The monoisotopic (exact) mass is 528 g/mol. The number of hydrogen-bond acceptors (Lipinski definition) is 5. The highest BCUT2D eigenvalue weighted by Gasteiger charge is 2.26. The highest BCUT2D eigenvalue weighted by Crippen LogP contribution is 2.24. The van der Waals surface area contributed by atoms with Crippen LogP contribution in [0.1, 0.15) is 17.1 Å². The maximum Gasteiger partial charge on any atom is 0.243 e. The number of furan rings is 1. The number of aliphatic imine (C=N–C) groups is 1. The van der Waals surface area contributed by atoms with Crippen molar-refractivity contribution in [1.29, 1.82) is 0 Å². The van der Waals surface area contributed by atoms with Gasteiger partial charge in [-0.05, 0) is 78.4 Å². The Balaban J connectivity index is 1.57. The van der Waals surface area contributed by atoms with E-state index in [0.29, 0.717) is 21.6 Å². The van der Waals surface area contributed by atoms with Crippen LogP contribution in [-0.2, 0) is 23.1 Å². The Kier molecular flexibility index (Phi) is 7.93. The van der Waals surface area contributed by atoms with Crippen molar-refractivity contribution in [1.82, 2.24) is 4.31 Å². The molecule has 9 heteroatoms. The van der Waals surface area contributed by atoms with Crippen molar-refractivity contribution in [3.05, 3.63) is 112 Å². The van der Waals surface area contributed by atoms with Crippen LogP contribution in [0, 0.1) is 0 Å². The standard InChI is InChI=1S/C26H22Cl2N2O4S/c1-33-23-10-8-22(9-11-23)29-16-24-12-13-25(34-24)18-30(17-19-2-4-20(27)5-3-19)35(31,32)26-14-6-21(28)7-15-26/h2-16H,17-18H2,1H3. The lowest BCUT2D eigenvalue weighted by Gasteiger charge is -2.21. The van der Waals surface area contributed by atoms with Gasteiger partial charge < -0.3 is 9.15 Å². The van der Waals surface area contributed by atoms with Crippen LogP contribution in [0.4, 0.5) is 5.69 Å². The summed E-state index contributed by atoms with van der Waals surface area (Å²) in [6, 6.07) is 23.9. The van der Waals surface area contributed by atoms with Crippen molar-refractivity contribution in [3.63, 3.8) is 0 Å². The van der Waals surface area contributed by atoms with Crippen molar-refractivity contribution < 1.29 is 17.6 Å². The molecule has 0 aliphatic heterocycles. The number of benzene rings is 3. The van der Waals surface area contributed by atoms with Gasteiger partial charge in [-0.1, -0.05) is 35.3 Å². The number of ether oxygens (including phenoxy) is 1. The second kappa shape index (κ2) is 11.1. The average Bonchev–Trinajstić information content (AvgIpc) is 3.31. The summed E-state index contributed by atoms with van der Waals surface area (Å²) in [5, 5.41) is 1.03. The minimum absolute atomic E-state index is 0.0317. The molecule has 0 amide bonds. The van der Waals surface area contributed by atoms with Crippen LogP contribution in [0.25, 0.3) is 0 Å². The molecule has 0 radical (unpaired) electrons. The Morgan fingerprint density at radius 3 is 2.11 bits per heavy atom. The summed E-state index contributed by atoms with van der Waals surface area (Å²) < 4.78 is 39.3. The Morgan fingerprint density at radius 1 is 0.857 bits per heavy atom. The molecule has 0 fully saturated rings. The van der Waals surface area contributed by atoms with Crippen LogP contribution >= 0.6 is 23.2 Å². The number of rotatable bonds is 9. The van der Waals surface area contributed by atoms with Crippen LogP contribution in [0.3, 0.4) is 0 Å². The van der Waals surface area contributed by atoms with E-state index in [-0.39, 0.29) is 18.0 Å². The molecule has 180 valence electrons. The maximum atomic E-state index is 13.5. The van der Waals surface area contributed by atoms with Gasteiger partial charge in [-0.25, -0.2) is 8.42 Å². The molecule has 0 atom stereocenters. The lowest BCUT2D eigenvalue weighted by molar-refractivity contribution is 0.357. The Labute approximate surface area is 214 Å². The fourth-order valence-corrected chi connectivity index (χ4v) is 4.95. The van der Waals surface area contributed by atoms with Gasteiger partial charge in [0, 0.05) is 16.6 Å². The lowest BCUT2D eigenvalue weighted by atomic mass is 10.2. The van der Waals surface area contributed by atoms with Crippen molar-refractivity contribution in [2.24, 2.45) is 4.99 Å². The third-order valence-electron chi connectivity index (χ3n) is 5.15. The van der Waals surface area contributed by atoms with Gasteiger partial charge in [0.25, 0.3) is 0 Å². The quantitative estimate of drug-likeness (QED) is 0.225. The molecule has 0 bridgehead atoms. The van der Waals surface area contributed by atoms with Gasteiger partial charge in [-0.15, -0.1) is 0 Å². The summed E-state index contributed by atoms with van der Waals surface area (Å²) in [4.78, 5) is 4.54. The zero-order chi connectivity index (χ0) is 24.8. The molecule has 1 heterocycles. The predicted molar refractivity (Wildman–Crippen MR) is 138 cm³/mol. The van der Waals surface area contributed by atoms with Gasteiger partial charge in [-0.3, -0.25) is 4.99 Å². The molecule has 6 nitrogen and oxygen atoms in total. The highest BCUT2D eigenvalue weighted by atomic mass is 35.5. The molecule has 35 heavy (non-hydrogen) atoms. The van der Waals surface area contributed by atoms with Gasteiger partial charge in [-0.2, -0.15) is 4.31 Å². The Morgan fingerprint density at radius 2 is 1.49 bits per heavy atom. The van der Waals surface area contributed by atoms with E-state index in [4.69, 9.17) is 32.4 Å². The minimum atomic E-state index is -3.84. The molecule has 0 N–H and O–H groups in total. The van der Waals surface area contributed by atoms with Crippen molar-refractivity contribution >= 4 is 45.1 Å². The SMILES string of the molecule is COc1ccc(N=Cc2ccc(CN(Cc3ccc(Cl)cc3)S(=O)(=O)c3ccc(Cl)cc3)o2)cc1. The van der Waals surface area contributed by atoms with E-state index in [1.54, 1.807) is 61.9 Å². The van der Waals surface area contributed by atoms with Gasteiger partial charge in [0.15, 0.2) is 0 Å². The van der Waals surface area contributed by atoms with E-state index in [2.05, 4.69) is 4.99 Å². The number of nitrogens with zero attached hydrogens (tertiary/aromatic N) is 2. The molecule has 4 aromatic rings. The average molecular weight is 529 g/mol. The molecule has 0 saturated carbocycles. The number of halogens is 2. The van der Waals surface area contributed by atoms with Crippen LogP contribution in [-0.4, -0.2) is 26.0 Å². The first-order valence-electron chi connectivity index (χ1n) is 10.6. The predicted octanol–water partition coefficient (Wildman–Crippen LogP) is 6.74. The smallest absolute Gasteiger partial charge is 0.243 e. The van der Waals surface area contributed by atoms with Gasteiger partial charge in [0.2, 0.25) is 10.0 Å². The summed E-state index contributed by atoms with van der Waals surface area (Å²) in [5.74, 6) is 1.73. The number of methoxy groups -OCH3 is 1. The summed E-state index contributed by atoms with van der Waals surface area (Å²) in [5.41, 5.74) is 1.53. The van der Waals surface area contributed by atoms with Gasteiger partial charge in [0.05, 0.1) is 30.5 Å². The van der Waals surface area contributed by atoms with Crippen molar-refractivity contribution in [2.75, 3.05) is 7.11 Å². The molecule has 0 saturated heterocycles.